The van der Waals surface area contributed by atoms with Crippen molar-refractivity contribution in [3.63, 3.8) is 0 Å². The minimum atomic E-state index is -2.61. The highest BCUT2D eigenvalue weighted by atomic mass is 35.5. The number of Topliss-reactive ketones (excluding diaryl/α,β-unsaturated/α-hetero) is 1. The van der Waals surface area contributed by atoms with E-state index in [2.05, 4.69) is 5.43 Å². The average molecular weight is 255 g/mol. The fourth-order valence-corrected chi connectivity index (χ4v) is 2.13. The molecule has 16 heavy (non-hydrogen) atoms. The molecule has 0 radical (unpaired) electrons. The molecule has 0 aromatic heterocycles. The number of nitrogens with one attached hydrogen (secondary N) is 1. The first kappa shape index (κ1) is 13.8. The number of halogens is 3. The van der Waals surface area contributed by atoms with Gasteiger partial charge in [0.2, 0.25) is 0 Å². The monoisotopic (exact) mass is 254 g/mol. The van der Waals surface area contributed by atoms with E-state index in [4.69, 9.17) is 11.6 Å². The zero-order valence-corrected chi connectivity index (χ0v) is 10.6. The Morgan fingerprint density at radius 3 is 2.31 bits per heavy atom. The van der Waals surface area contributed by atoms with Gasteiger partial charge in [-0.3, -0.25) is 4.79 Å². The first-order valence-corrected chi connectivity index (χ1v) is 5.55. The van der Waals surface area contributed by atoms with Crippen molar-refractivity contribution in [2.24, 2.45) is 11.3 Å². The predicted octanol–water partition coefficient (Wildman–Crippen LogP) is 1.87. The Morgan fingerprint density at radius 1 is 1.44 bits per heavy atom. The lowest BCUT2D eigenvalue weighted by Crippen LogP contribution is -2.43. The van der Waals surface area contributed by atoms with Gasteiger partial charge in [0.05, 0.1) is 12.0 Å². The number of carbonyl (C=O) groups is 1. The predicted molar refractivity (Wildman–Crippen MR) is 58.3 cm³/mol. The van der Waals surface area contributed by atoms with Crippen LogP contribution in [0.5, 0.6) is 0 Å². The van der Waals surface area contributed by atoms with Crippen LogP contribution in [0.3, 0.4) is 0 Å². The summed E-state index contributed by atoms with van der Waals surface area (Å²) < 4.78 is 25.6. The van der Waals surface area contributed by atoms with Crippen molar-refractivity contribution in [3.8, 4) is 0 Å². The van der Waals surface area contributed by atoms with Crippen molar-refractivity contribution in [1.29, 1.82) is 0 Å². The Labute approximate surface area is 99.1 Å². The molecule has 1 heterocycles. The number of hydrogen-bond donors (Lipinski definition) is 1. The fourth-order valence-electron chi connectivity index (χ4n) is 1.80. The Balaban J connectivity index is 2.95. The maximum Gasteiger partial charge on any atom is 0.255 e. The van der Waals surface area contributed by atoms with Gasteiger partial charge in [-0.05, 0) is 0 Å². The Morgan fingerprint density at radius 2 is 1.94 bits per heavy atom. The third-order valence-electron chi connectivity index (χ3n) is 2.72. The van der Waals surface area contributed by atoms with E-state index in [1.165, 1.54) is 5.01 Å². The van der Waals surface area contributed by atoms with E-state index in [0.29, 0.717) is 0 Å². The summed E-state index contributed by atoms with van der Waals surface area (Å²) in [5, 5.41) is 1.37. The second kappa shape index (κ2) is 4.55. The Hall–Kier alpha value is -0.260. The molecule has 0 spiro atoms. The van der Waals surface area contributed by atoms with Crippen LogP contribution in [0.25, 0.3) is 0 Å². The molecule has 0 saturated carbocycles. The first-order chi connectivity index (χ1) is 7.16. The first-order valence-electron chi connectivity index (χ1n) is 5.12. The largest absolute Gasteiger partial charge is 0.299 e. The lowest BCUT2D eigenvalue weighted by molar-refractivity contribution is -0.132. The Bertz CT molecular complexity index is 280. The summed E-state index contributed by atoms with van der Waals surface area (Å²) in [6.07, 6.45) is -2.61. The SMILES string of the molecule is CN1NC(C(F)F)C(C(=O)C(C)(C)C)C1Cl. The summed E-state index contributed by atoms with van der Waals surface area (Å²) >= 11 is 5.98. The van der Waals surface area contributed by atoms with E-state index >= 15 is 0 Å². The molecule has 1 aliphatic rings. The summed E-state index contributed by atoms with van der Waals surface area (Å²) in [6, 6.07) is -1.20. The van der Waals surface area contributed by atoms with Crippen LogP contribution in [0.4, 0.5) is 8.78 Å². The molecule has 0 amide bonds. The van der Waals surface area contributed by atoms with Crippen molar-refractivity contribution in [1.82, 2.24) is 10.4 Å². The van der Waals surface area contributed by atoms with Gasteiger partial charge in [-0.15, -0.1) is 11.6 Å². The van der Waals surface area contributed by atoms with E-state index in [1.54, 1.807) is 27.8 Å². The van der Waals surface area contributed by atoms with E-state index < -0.39 is 29.3 Å². The highest BCUT2D eigenvalue weighted by Gasteiger charge is 2.49. The number of nitrogens with zero attached hydrogens (tertiary/aromatic N) is 1. The number of rotatable bonds is 2. The van der Waals surface area contributed by atoms with Gasteiger partial charge in [-0.1, -0.05) is 20.8 Å². The second-order valence-electron chi connectivity index (χ2n) is 5.11. The summed E-state index contributed by atoms with van der Waals surface area (Å²) in [5.74, 6) is -1.12. The smallest absolute Gasteiger partial charge is 0.255 e. The molecule has 0 aromatic carbocycles. The zero-order valence-electron chi connectivity index (χ0n) is 9.80. The van der Waals surface area contributed by atoms with Crippen molar-refractivity contribution >= 4 is 17.4 Å². The molecule has 0 aromatic rings. The highest BCUT2D eigenvalue weighted by Crippen LogP contribution is 2.34. The number of hydrazine groups is 1. The molecule has 0 aliphatic carbocycles. The molecule has 0 bridgehead atoms. The minimum Gasteiger partial charge on any atom is -0.299 e. The standard InChI is InChI=1S/C10H17ClF2N2O/c1-10(2,3)7(16)5-6(9(12)13)14-15(4)8(5)11/h5-6,8-9,14H,1-4H3. The van der Waals surface area contributed by atoms with Crippen LogP contribution >= 0.6 is 11.6 Å². The quantitative estimate of drug-likeness (QED) is 0.603. The molecule has 94 valence electrons. The van der Waals surface area contributed by atoms with Crippen LogP contribution in [-0.2, 0) is 4.79 Å². The lowest BCUT2D eigenvalue weighted by Gasteiger charge is -2.26. The summed E-state index contributed by atoms with van der Waals surface area (Å²) in [6.45, 7) is 5.12. The van der Waals surface area contributed by atoms with Crippen molar-refractivity contribution in [2.45, 2.75) is 38.7 Å². The fraction of sp³-hybridized carbons (Fsp3) is 0.900. The molecule has 1 rings (SSSR count). The highest BCUT2D eigenvalue weighted by molar-refractivity contribution is 6.22. The summed E-state index contributed by atoms with van der Waals surface area (Å²) in [5.41, 5.74) is 1.14. The molecule has 1 aliphatic heterocycles. The van der Waals surface area contributed by atoms with E-state index in [9.17, 15) is 13.6 Å². The molecule has 3 nitrogen and oxygen atoms in total. The number of hydrogen-bond acceptors (Lipinski definition) is 3. The van der Waals surface area contributed by atoms with Crippen LogP contribution in [-0.4, -0.2) is 35.8 Å². The van der Waals surface area contributed by atoms with E-state index in [0.717, 1.165) is 0 Å². The minimum absolute atomic E-state index is 0.241. The maximum atomic E-state index is 12.8. The third-order valence-corrected chi connectivity index (χ3v) is 3.28. The van der Waals surface area contributed by atoms with Gasteiger partial charge >= 0.3 is 0 Å². The van der Waals surface area contributed by atoms with E-state index in [-0.39, 0.29) is 5.78 Å². The van der Waals surface area contributed by atoms with E-state index in [1.807, 2.05) is 0 Å². The van der Waals surface area contributed by atoms with Gasteiger partial charge in [0.25, 0.3) is 6.43 Å². The molecule has 1 saturated heterocycles. The lowest BCUT2D eigenvalue weighted by atomic mass is 9.80. The van der Waals surface area contributed by atoms with Crippen LogP contribution in [0.2, 0.25) is 0 Å². The molecular weight excluding hydrogens is 238 g/mol. The van der Waals surface area contributed by atoms with Crippen molar-refractivity contribution in [2.75, 3.05) is 7.05 Å². The average Bonchev–Trinajstić information content (AvgIpc) is 2.41. The molecule has 3 unspecified atom stereocenters. The van der Waals surface area contributed by atoms with Gasteiger partial charge in [0.1, 0.15) is 11.3 Å². The zero-order chi connectivity index (χ0) is 12.7. The molecule has 3 atom stereocenters. The normalized spacial score (nSPS) is 32.4. The van der Waals surface area contributed by atoms with Crippen molar-refractivity contribution < 1.29 is 13.6 Å². The molecule has 1 N–H and O–H groups in total. The number of carbonyl (C=O) groups excluding carboxylic acids is 1. The van der Waals surface area contributed by atoms with Gasteiger partial charge in [0, 0.05) is 12.5 Å². The summed E-state index contributed by atoms with van der Waals surface area (Å²) in [7, 11) is 1.56. The summed E-state index contributed by atoms with van der Waals surface area (Å²) in [4.78, 5) is 12.1. The van der Waals surface area contributed by atoms with Crippen molar-refractivity contribution in [3.05, 3.63) is 0 Å². The second-order valence-corrected chi connectivity index (χ2v) is 5.56. The molecule has 6 heteroatoms. The van der Waals surface area contributed by atoms with Gasteiger partial charge in [0.15, 0.2) is 0 Å². The van der Waals surface area contributed by atoms with Crippen LogP contribution < -0.4 is 5.43 Å². The Kier molecular flexibility index (Phi) is 3.92. The van der Waals surface area contributed by atoms with Gasteiger partial charge in [-0.2, -0.15) is 0 Å². The number of alkyl halides is 3. The van der Waals surface area contributed by atoms with Gasteiger partial charge in [-0.25, -0.2) is 19.2 Å². The topological polar surface area (TPSA) is 32.3 Å². The van der Waals surface area contributed by atoms with Crippen LogP contribution in [0.15, 0.2) is 0 Å². The third kappa shape index (κ3) is 2.52. The number of ketones is 1. The molecular formula is C10H17ClF2N2O. The molecule has 1 fully saturated rings. The maximum absolute atomic E-state index is 12.8. The van der Waals surface area contributed by atoms with Crippen LogP contribution in [0.1, 0.15) is 20.8 Å². The van der Waals surface area contributed by atoms with Gasteiger partial charge < -0.3 is 0 Å². The van der Waals surface area contributed by atoms with Crippen LogP contribution in [0, 0.1) is 11.3 Å².